The summed E-state index contributed by atoms with van der Waals surface area (Å²) >= 11 is 0. The van der Waals surface area contributed by atoms with E-state index in [1.54, 1.807) is 0 Å². The molecule has 2 fully saturated rings. The Kier molecular flexibility index (Phi) is 15.0. The normalized spacial score (nSPS) is 20.0. The number of halogens is 4. The van der Waals surface area contributed by atoms with E-state index in [1.165, 1.54) is 99.6 Å². The third kappa shape index (κ3) is 11.1. The van der Waals surface area contributed by atoms with E-state index in [4.69, 9.17) is 4.74 Å². The minimum Gasteiger partial charge on any atom is -0.381 e. The molecule has 2 saturated carbocycles. The maximum absolute atomic E-state index is 15.1. The second-order valence-electron chi connectivity index (χ2n) is 16.1. The molecule has 0 radical (unpaired) electrons. The molecule has 4 aromatic carbocycles. The van der Waals surface area contributed by atoms with E-state index < -0.39 is 23.3 Å². The highest BCUT2D eigenvalue weighted by Crippen LogP contribution is 2.40. The summed E-state index contributed by atoms with van der Waals surface area (Å²) in [6, 6.07) is 22.0. The van der Waals surface area contributed by atoms with E-state index in [-0.39, 0.29) is 24.0 Å². The molecule has 0 aromatic heterocycles. The molecule has 2 aliphatic rings. The van der Waals surface area contributed by atoms with Crippen molar-refractivity contribution in [2.75, 3.05) is 13.2 Å². The number of ether oxygens (including phenoxy) is 1. The monoisotopic (exact) mass is 750 g/mol. The van der Waals surface area contributed by atoms with Gasteiger partial charge in [0.05, 0.1) is 0 Å². The predicted molar refractivity (Wildman–Crippen MR) is 219 cm³/mol. The Hall–Kier alpha value is -3.96. The van der Waals surface area contributed by atoms with Gasteiger partial charge >= 0.3 is 0 Å². The van der Waals surface area contributed by atoms with Crippen molar-refractivity contribution in [1.29, 1.82) is 0 Å². The highest BCUT2D eigenvalue weighted by atomic mass is 19.1. The van der Waals surface area contributed by atoms with Gasteiger partial charge in [-0.05, 0) is 184 Å². The van der Waals surface area contributed by atoms with Crippen molar-refractivity contribution in [2.24, 2.45) is 11.8 Å². The topological polar surface area (TPSA) is 9.23 Å². The zero-order valence-electron chi connectivity index (χ0n) is 32.5. The summed E-state index contributed by atoms with van der Waals surface area (Å²) in [4.78, 5) is 0. The summed E-state index contributed by atoms with van der Waals surface area (Å²) in [5.74, 6) is 0.444. The third-order valence-electron chi connectivity index (χ3n) is 12.4. The van der Waals surface area contributed by atoms with Crippen LogP contribution in [-0.2, 0) is 17.6 Å². The molecule has 0 spiro atoms. The summed E-state index contributed by atoms with van der Waals surface area (Å²) in [7, 11) is 0. The minimum absolute atomic E-state index is 0.0538. The smallest absolute Gasteiger partial charge is 0.129 e. The minimum atomic E-state index is -0.556. The zero-order chi connectivity index (χ0) is 38.6. The van der Waals surface area contributed by atoms with Crippen LogP contribution in [0.1, 0.15) is 124 Å². The van der Waals surface area contributed by atoms with Gasteiger partial charge in [0.15, 0.2) is 0 Å². The Labute approximate surface area is 326 Å². The SMILES string of the molecule is C=CCCC1CCC(c2ccc(-c3cc(F)c(CCCOCCCc4c(F)cc(-c5ccc(C6CCC(CCC=C)CC6)cc5)cc4F)c(F)c3)cc2)CC1. The van der Waals surface area contributed by atoms with Gasteiger partial charge in [0.2, 0.25) is 0 Å². The molecular weight excluding hydrogens is 693 g/mol. The molecule has 4 aromatic rings. The van der Waals surface area contributed by atoms with E-state index in [9.17, 15) is 0 Å². The molecule has 0 aliphatic heterocycles. The fourth-order valence-corrected chi connectivity index (χ4v) is 8.99. The highest BCUT2D eigenvalue weighted by molar-refractivity contribution is 5.65. The molecule has 6 rings (SSSR count). The van der Waals surface area contributed by atoms with Gasteiger partial charge in [0.25, 0.3) is 0 Å². The number of rotatable bonds is 18. The van der Waals surface area contributed by atoms with Crippen LogP contribution in [0.2, 0.25) is 0 Å². The fourth-order valence-electron chi connectivity index (χ4n) is 8.99. The molecule has 5 heteroatoms. The van der Waals surface area contributed by atoms with Gasteiger partial charge < -0.3 is 4.74 Å². The molecule has 0 bridgehead atoms. The van der Waals surface area contributed by atoms with E-state index >= 15 is 17.6 Å². The number of allylic oxidation sites excluding steroid dienone is 2. The molecule has 0 amide bonds. The Bertz CT molecular complexity index is 1650. The Morgan fingerprint density at radius 2 is 0.836 bits per heavy atom. The van der Waals surface area contributed by atoms with Gasteiger partial charge in [-0.3, -0.25) is 0 Å². The molecule has 55 heavy (non-hydrogen) atoms. The molecule has 0 saturated heterocycles. The lowest BCUT2D eigenvalue weighted by Gasteiger charge is -2.28. The lowest BCUT2D eigenvalue weighted by Crippen LogP contribution is -2.13. The van der Waals surface area contributed by atoms with Gasteiger partial charge in [-0.1, -0.05) is 60.7 Å². The van der Waals surface area contributed by atoms with Gasteiger partial charge in [0, 0.05) is 24.3 Å². The average molecular weight is 751 g/mol. The number of hydrogen-bond donors (Lipinski definition) is 0. The first-order chi connectivity index (χ1) is 26.8. The lowest BCUT2D eigenvalue weighted by atomic mass is 9.77. The second kappa shape index (κ2) is 20.3. The van der Waals surface area contributed by atoms with Crippen LogP contribution in [0.5, 0.6) is 0 Å². The maximum atomic E-state index is 15.1. The molecule has 0 unspecified atom stereocenters. The van der Waals surface area contributed by atoms with Crippen LogP contribution in [0, 0.1) is 35.1 Å². The van der Waals surface area contributed by atoms with Crippen molar-refractivity contribution in [1.82, 2.24) is 0 Å². The van der Waals surface area contributed by atoms with Crippen LogP contribution in [0.15, 0.2) is 98.1 Å². The molecule has 0 atom stereocenters. The molecule has 292 valence electrons. The Morgan fingerprint density at radius 1 is 0.491 bits per heavy atom. The maximum Gasteiger partial charge on any atom is 0.129 e. The van der Waals surface area contributed by atoms with E-state index in [2.05, 4.69) is 37.4 Å². The van der Waals surface area contributed by atoms with Crippen molar-refractivity contribution in [3.05, 3.63) is 144 Å². The number of hydrogen-bond acceptors (Lipinski definition) is 1. The van der Waals surface area contributed by atoms with Crippen molar-refractivity contribution in [3.8, 4) is 22.3 Å². The van der Waals surface area contributed by atoms with Crippen LogP contribution in [0.3, 0.4) is 0 Å². The van der Waals surface area contributed by atoms with Crippen LogP contribution in [0.25, 0.3) is 22.3 Å². The van der Waals surface area contributed by atoms with Crippen molar-refractivity contribution < 1.29 is 22.3 Å². The first kappa shape index (κ1) is 40.7. The Balaban J connectivity index is 0.915. The third-order valence-corrected chi connectivity index (χ3v) is 12.4. The average Bonchev–Trinajstić information content (AvgIpc) is 3.21. The quantitative estimate of drug-likeness (QED) is 0.0559. The summed E-state index contributed by atoms with van der Waals surface area (Å²) in [5.41, 5.74) is 5.38. The van der Waals surface area contributed by atoms with Crippen molar-refractivity contribution in [3.63, 3.8) is 0 Å². The zero-order valence-corrected chi connectivity index (χ0v) is 32.5. The lowest BCUT2D eigenvalue weighted by molar-refractivity contribution is 0.129. The second-order valence-corrected chi connectivity index (χ2v) is 16.1. The standard InChI is InChI=1S/C50H58F4O/c1-3-5-9-35-13-17-37(18-14-35)39-21-25-41(26-22-39)43-31-47(51)45(48(52)32-43)11-7-29-55-30-8-12-46-49(53)33-44(34-50(46)54)42-27-23-40(24-28-42)38-19-15-36(16-20-38)10-6-4-2/h3-4,21-28,31-38H,1-2,5-20,29-30H2. The van der Waals surface area contributed by atoms with Gasteiger partial charge in [-0.25, -0.2) is 17.6 Å². The summed E-state index contributed by atoms with van der Waals surface area (Å²) < 4.78 is 66.1. The molecule has 0 heterocycles. The van der Waals surface area contributed by atoms with Gasteiger partial charge in [-0.2, -0.15) is 0 Å². The van der Waals surface area contributed by atoms with E-state index in [0.29, 0.717) is 49.0 Å². The summed E-state index contributed by atoms with van der Waals surface area (Å²) in [6.45, 7) is 8.29. The molecule has 1 nitrogen and oxygen atoms in total. The van der Waals surface area contributed by atoms with Crippen molar-refractivity contribution in [2.45, 2.75) is 115 Å². The first-order valence-corrected chi connectivity index (χ1v) is 20.8. The van der Waals surface area contributed by atoms with Crippen LogP contribution in [0.4, 0.5) is 17.6 Å². The first-order valence-electron chi connectivity index (χ1n) is 20.8. The van der Waals surface area contributed by atoms with Crippen LogP contribution in [-0.4, -0.2) is 13.2 Å². The molecular formula is C50H58F4O. The van der Waals surface area contributed by atoms with E-state index in [0.717, 1.165) is 35.8 Å². The largest absolute Gasteiger partial charge is 0.381 e. The summed E-state index contributed by atoms with van der Waals surface area (Å²) in [5, 5.41) is 0. The highest BCUT2D eigenvalue weighted by Gasteiger charge is 2.23. The van der Waals surface area contributed by atoms with Gasteiger partial charge in [-0.15, -0.1) is 13.2 Å². The van der Waals surface area contributed by atoms with E-state index in [1.807, 2.05) is 36.4 Å². The van der Waals surface area contributed by atoms with Crippen molar-refractivity contribution >= 4 is 0 Å². The summed E-state index contributed by atoms with van der Waals surface area (Å²) in [6.07, 6.45) is 19.6. The van der Waals surface area contributed by atoms with Gasteiger partial charge in [0.1, 0.15) is 23.3 Å². The molecule has 0 N–H and O–H groups in total. The fraction of sp³-hybridized carbons (Fsp3) is 0.440. The Morgan fingerprint density at radius 3 is 1.16 bits per heavy atom. The number of benzene rings is 4. The predicted octanol–water partition coefficient (Wildman–Crippen LogP) is 14.6. The van der Waals surface area contributed by atoms with Crippen LogP contribution >= 0.6 is 0 Å². The van der Waals surface area contributed by atoms with Crippen LogP contribution < -0.4 is 0 Å². The molecule has 2 aliphatic carbocycles.